The van der Waals surface area contributed by atoms with Crippen LogP contribution in [-0.4, -0.2) is 28.5 Å². The first-order valence-corrected chi connectivity index (χ1v) is 6.21. The zero-order valence-electron chi connectivity index (χ0n) is 9.23. The molecule has 0 unspecified atom stereocenters. The van der Waals surface area contributed by atoms with Crippen molar-refractivity contribution in [1.82, 2.24) is 14.8 Å². The lowest BCUT2D eigenvalue weighted by Gasteiger charge is -2.07. The molecule has 0 saturated carbocycles. The summed E-state index contributed by atoms with van der Waals surface area (Å²) in [6, 6.07) is 5.59. The predicted octanol–water partition coefficient (Wildman–Crippen LogP) is 3.01. The fraction of sp³-hybridized carbons (Fsp3) is 0.273. The second-order valence-electron chi connectivity index (χ2n) is 3.46. The van der Waals surface area contributed by atoms with Crippen LogP contribution in [0.2, 0.25) is 5.02 Å². The average molecular weight is 317 g/mol. The summed E-state index contributed by atoms with van der Waals surface area (Å²) in [5.74, 6) is 0.797. The Morgan fingerprint density at radius 2 is 2.29 bits per heavy atom. The number of hydrogen-bond donors (Lipinski definition) is 0. The van der Waals surface area contributed by atoms with Gasteiger partial charge in [0.15, 0.2) is 5.82 Å². The highest BCUT2D eigenvalue weighted by Gasteiger charge is 2.10. The average Bonchev–Trinajstić information content (AvgIpc) is 2.74. The quantitative estimate of drug-likeness (QED) is 0.870. The third kappa shape index (κ3) is 2.86. The van der Waals surface area contributed by atoms with E-state index in [1.807, 2.05) is 22.8 Å². The molecule has 1 heterocycles. The second-order valence-corrected chi connectivity index (χ2v) is 4.76. The second kappa shape index (κ2) is 5.62. The van der Waals surface area contributed by atoms with Crippen molar-refractivity contribution in [2.75, 3.05) is 13.7 Å². The van der Waals surface area contributed by atoms with Crippen molar-refractivity contribution >= 4 is 27.5 Å². The smallest absolute Gasteiger partial charge is 0.164 e. The first-order valence-electron chi connectivity index (χ1n) is 5.04. The van der Waals surface area contributed by atoms with Crippen molar-refractivity contribution in [3.05, 3.63) is 34.0 Å². The van der Waals surface area contributed by atoms with Gasteiger partial charge in [-0.3, -0.25) is 0 Å². The summed E-state index contributed by atoms with van der Waals surface area (Å²) in [7, 11) is 1.67. The van der Waals surface area contributed by atoms with Crippen LogP contribution >= 0.6 is 27.5 Å². The molecule has 0 saturated heterocycles. The van der Waals surface area contributed by atoms with Gasteiger partial charge >= 0.3 is 0 Å². The first kappa shape index (κ1) is 12.5. The van der Waals surface area contributed by atoms with E-state index < -0.39 is 0 Å². The molecule has 0 aliphatic heterocycles. The molecule has 0 atom stereocenters. The maximum Gasteiger partial charge on any atom is 0.164 e. The van der Waals surface area contributed by atoms with Crippen molar-refractivity contribution in [2.45, 2.75) is 6.54 Å². The molecular weight excluding hydrogens is 305 g/mol. The third-order valence-corrected chi connectivity index (χ3v) is 3.22. The first-order chi connectivity index (χ1) is 8.22. The van der Waals surface area contributed by atoms with Crippen LogP contribution in [0.5, 0.6) is 0 Å². The van der Waals surface area contributed by atoms with E-state index in [2.05, 4.69) is 26.1 Å². The van der Waals surface area contributed by atoms with Crippen molar-refractivity contribution in [1.29, 1.82) is 0 Å². The maximum atomic E-state index is 5.91. The van der Waals surface area contributed by atoms with Gasteiger partial charge in [-0.25, -0.2) is 0 Å². The summed E-state index contributed by atoms with van der Waals surface area (Å²) in [4.78, 5) is 0. The van der Waals surface area contributed by atoms with Crippen molar-refractivity contribution in [3.63, 3.8) is 0 Å². The fourth-order valence-corrected chi connectivity index (χ4v) is 2.35. The van der Waals surface area contributed by atoms with Gasteiger partial charge < -0.3 is 9.30 Å². The van der Waals surface area contributed by atoms with Gasteiger partial charge in [-0.15, -0.1) is 10.2 Å². The van der Waals surface area contributed by atoms with Gasteiger partial charge in [0.25, 0.3) is 0 Å². The summed E-state index contributed by atoms with van der Waals surface area (Å²) in [5, 5.41) is 8.72. The van der Waals surface area contributed by atoms with Gasteiger partial charge in [0.2, 0.25) is 0 Å². The summed E-state index contributed by atoms with van der Waals surface area (Å²) in [6.07, 6.45) is 1.69. The van der Waals surface area contributed by atoms with Gasteiger partial charge in [0.05, 0.1) is 6.61 Å². The standard InChI is InChI=1S/C11H11BrClN3O/c1-17-5-4-16-7-14-15-11(16)9-3-2-8(13)6-10(9)12/h2-3,6-7H,4-5H2,1H3. The van der Waals surface area contributed by atoms with Gasteiger partial charge in [-0.1, -0.05) is 11.6 Å². The highest BCUT2D eigenvalue weighted by atomic mass is 79.9. The molecule has 4 nitrogen and oxygen atoms in total. The Hall–Kier alpha value is -0.910. The minimum Gasteiger partial charge on any atom is -0.383 e. The van der Waals surface area contributed by atoms with E-state index in [9.17, 15) is 0 Å². The Morgan fingerprint density at radius 1 is 1.47 bits per heavy atom. The SMILES string of the molecule is COCCn1cnnc1-c1ccc(Cl)cc1Br. The molecule has 1 aromatic heterocycles. The number of methoxy groups -OCH3 is 1. The predicted molar refractivity (Wildman–Crippen MR) is 70.0 cm³/mol. The van der Waals surface area contributed by atoms with Gasteiger partial charge in [0, 0.05) is 28.7 Å². The normalized spacial score (nSPS) is 10.8. The van der Waals surface area contributed by atoms with E-state index >= 15 is 0 Å². The van der Waals surface area contributed by atoms with Gasteiger partial charge in [0.1, 0.15) is 6.33 Å². The monoisotopic (exact) mass is 315 g/mol. The van der Waals surface area contributed by atoms with Crippen LogP contribution in [0.4, 0.5) is 0 Å². The Bertz CT molecular complexity index is 515. The van der Waals surface area contributed by atoms with E-state index in [0.29, 0.717) is 18.2 Å². The molecule has 0 radical (unpaired) electrons. The van der Waals surface area contributed by atoms with Crippen molar-refractivity contribution < 1.29 is 4.74 Å². The molecule has 90 valence electrons. The van der Waals surface area contributed by atoms with E-state index in [4.69, 9.17) is 16.3 Å². The largest absolute Gasteiger partial charge is 0.383 e. The van der Waals surface area contributed by atoms with Gasteiger partial charge in [-0.05, 0) is 34.1 Å². The molecule has 2 aromatic rings. The lowest BCUT2D eigenvalue weighted by atomic mass is 10.2. The number of ether oxygens (including phenoxy) is 1. The lowest BCUT2D eigenvalue weighted by molar-refractivity contribution is 0.187. The number of hydrogen-bond acceptors (Lipinski definition) is 3. The number of nitrogens with zero attached hydrogens (tertiary/aromatic N) is 3. The number of benzene rings is 1. The molecule has 0 fully saturated rings. The molecule has 0 amide bonds. The topological polar surface area (TPSA) is 39.9 Å². The highest BCUT2D eigenvalue weighted by molar-refractivity contribution is 9.10. The number of halogens is 2. The zero-order chi connectivity index (χ0) is 12.3. The summed E-state index contributed by atoms with van der Waals surface area (Å²) >= 11 is 9.38. The zero-order valence-corrected chi connectivity index (χ0v) is 11.6. The molecule has 17 heavy (non-hydrogen) atoms. The summed E-state index contributed by atoms with van der Waals surface area (Å²) < 4.78 is 7.89. The number of aromatic nitrogens is 3. The summed E-state index contributed by atoms with van der Waals surface area (Å²) in [5.41, 5.74) is 0.961. The minimum absolute atomic E-state index is 0.621. The summed E-state index contributed by atoms with van der Waals surface area (Å²) in [6.45, 7) is 1.34. The molecule has 0 spiro atoms. The van der Waals surface area contributed by atoms with Crippen LogP contribution < -0.4 is 0 Å². The lowest BCUT2D eigenvalue weighted by Crippen LogP contribution is -2.05. The Morgan fingerprint density at radius 3 is 3.00 bits per heavy atom. The fourth-order valence-electron chi connectivity index (χ4n) is 1.49. The molecule has 6 heteroatoms. The molecule has 0 bridgehead atoms. The van der Waals surface area contributed by atoms with E-state index in [1.54, 1.807) is 13.4 Å². The number of rotatable bonds is 4. The molecule has 1 aromatic carbocycles. The molecule has 2 rings (SSSR count). The molecule has 0 N–H and O–H groups in total. The van der Waals surface area contributed by atoms with Crippen LogP contribution in [0, 0.1) is 0 Å². The van der Waals surface area contributed by atoms with E-state index in [0.717, 1.165) is 15.9 Å². The maximum absolute atomic E-state index is 5.91. The van der Waals surface area contributed by atoms with E-state index in [1.165, 1.54) is 0 Å². The van der Waals surface area contributed by atoms with Crippen LogP contribution in [0.1, 0.15) is 0 Å². The van der Waals surface area contributed by atoms with Crippen molar-refractivity contribution in [3.8, 4) is 11.4 Å². The van der Waals surface area contributed by atoms with Crippen LogP contribution in [0.3, 0.4) is 0 Å². The highest BCUT2D eigenvalue weighted by Crippen LogP contribution is 2.29. The third-order valence-electron chi connectivity index (χ3n) is 2.32. The Balaban J connectivity index is 2.35. The van der Waals surface area contributed by atoms with Gasteiger partial charge in [-0.2, -0.15) is 0 Å². The van der Waals surface area contributed by atoms with E-state index in [-0.39, 0.29) is 0 Å². The van der Waals surface area contributed by atoms with Crippen LogP contribution in [0.15, 0.2) is 29.0 Å². The Labute approximate surface area is 113 Å². The minimum atomic E-state index is 0.621. The molecule has 0 aliphatic carbocycles. The molecular formula is C11H11BrClN3O. The molecule has 0 aliphatic rings. The van der Waals surface area contributed by atoms with Crippen LogP contribution in [-0.2, 0) is 11.3 Å². The van der Waals surface area contributed by atoms with Crippen molar-refractivity contribution in [2.24, 2.45) is 0 Å². The Kier molecular flexibility index (Phi) is 4.15. The van der Waals surface area contributed by atoms with Crippen LogP contribution in [0.25, 0.3) is 11.4 Å².